The number of likely N-dealkylation sites (N-methyl/N-ethyl adjacent to an activating group) is 1. The molecule has 1 aromatic rings. The maximum atomic E-state index is 13.3. The lowest BCUT2D eigenvalue weighted by Crippen LogP contribution is -2.51. The highest BCUT2D eigenvalue weighted by molar-refractivity contribution is 5.97. The Labute approximate surface area is 191 Å². The molecule has 3 rings (SSSR count). The van der Waals surface area contributed by atoms with E-state index in [1.165, 1.54) is 6.42 Å². The molecule has 0 saturated heterocycles. The minimum Gasteiger partial charge on any atom is -0.472 e. The summed E-state index contributed by atoms with van der Waals surface area (Å²) < 4.78 is 6.28. The van der Waals surface area contributed by atoms with Crippen LogP contribution in [0.1, 0.15) is 68.8 Å². The third kappa shape index (κ3) is 5.49. The molecule has 0 unspecified atom stereocenters. The summed E-state index contributed by atoms with van der Waals surface area (Å²) >= 11 is 0. The van der Waals surface area contributed by atoms with Crippen LogP contribution < -0.4 is 4.74 Å². The second-order valence-corrected chi connectivity index (χ2v) is 9.30. The van der Waals surface area contributed by atoms with E-state index in [-0.39, 0.29) is 48.3 Å². The molecule has 0 aromatic carbocycles. The van der Waals surface area contributed by atoms with Crippen LogP contribution in [-0.4, -0.2) is 70.6 Å². The zero-order valence-electron chi connectivity index (χ0n) is 19.8. The van der Waals surface area contributed by atoms with Crippen LogP contribution in [0.15, 0.2) is 18.3 Å². The molecule has 1 fully saturated rings. The van der Waals surface area contributed by atoms with E-state index in [1.54, 1.807) is 22.1 Å². The molecule has 1 saturated carbocycles. The first-order valence-electron chi connectivity index (χ1n) is 11.8. The lowest BCUT2D eigenvalue weighted by atomic mass is 9.88. The summed E-state index contributed by atoms with van der Waals surface area (Å²) in [4.78, 5) is 34.3. The van der Waals surface area contributed by atoms with Crippen LogP contribution in [0.4, 0.5) is 0 Å². The molecular weight excluding hydrogens is 406 g/mol. The van der Waals surface area contributed by atoms with Gasteiger partial charge in [0.15, 0.2) is 0 Å². The van der Waals surface area contributed by atoms with Gasteiger partial charge < -0.3 is 19.6 Å². The van der Waals surface area contributed by atoms with E-state index in [1.807, 2.05) is 40.0 Å². The number of nitrogens with zero attached hydrogens (tertiary/aromatic N) is 3. The second-order valence-electron chi connectivity index (χ2n) is 9.30. The summed E-state index contributed by atoms with van der Waals surface area (Å²) in [5.74, 6) is 0.320. The van der Waals surface area contributed by atoms with Crippen LogP contribution in [0.3, 0.4) is 0 Å². The number of hydrogen-bond donors (Lipinski definition) is 1. The highest BCUT2D eigenvalue weighted by Gasteiger charge is 2.35. The molecule has 1 aliphatic carbocycles. The van der Waals surface area contributed by atoms with Crippen molar-refractivity contribution in [2.45, 2.75) is 65.0 Å². The van der Waals surface area contributed by atoms with E-state index < -0.39 is 0 Å². The van der Waals surface area contributed by atoms with Gasteiger partial charge in [-0.2, -0.15) is 0 Å². The monoisotopic (exact) mass is 443 g/mol. The summed E-state index contributed by atoms with van der Waals surface area (Å²) in [6.07, 6.45) is 10.5. The highest BCUT2D eigenvalue weighted by atomic mass is 16.5. The quantitative estimate of drug-likeness (QED) is 0.729. The number of aromatic nitrogens is 1. The lowest BCUT2D eigenvalue weighted by Gasteiger charge is -2.38. The third-order valence-corrected chi connectivity index (χ3v) is 6.69. The summed E-state index contributed by atoms with van der Waals surface area (Å²) in [5, 5.41) is 9.76. The second kappa shape index (κ2) is 10.9. The number of allylic oxidation sites excluding steroid dienone is 1. The minimum absolute atomic E-state index is 0.0419. The first kappa shape index (κ1) is 24.2. The molecule has 7 nitrogen and oxygen atoms in total. The summed E-state index contributed by atoms with van der Waals surface area (Å²) in [5.41, 5.74) is 1.20. The molecule has 7 heteroatoms. The number of carbonyl (C=O) groups excluding carboxylic acids is 2. The van der Waals surface area contributed by atoms with Gasteiger partial charge in [-0.3, -0.25) is 9.59 Å². The summed E-state index contributed by atoms with van der Waals surface area (Å²) in [7, 11) is 1.84. The van der Waals surface area contributed by atoms with Crippen molar-refractivity contribution in [3.8, 4) is 5.88 Å². The summed E-state index contributed by atoms with van der Waals surface area (Å²) in [6, 6.07) is 1.45. The standard InChI is InChI=1S/C25H37N3O4/c1-5-9-19-12-21-23(26-13-19)32-22(17(2)14-28(25(21)31)18(3)16-29)15-27(4)24(30)20-10-7-6-8-11-20/h5,9,12-13,17-18,20,22,29H,6-8,10-11,14-16H2,1-4H3/b9-5+/t17-,18+,22+/m0/s1. The fourth-order valence-electron chi connectivity index (χ4n) is 4.64. The van der Waals surface area contributed by atoms with Gasteiger partial charge >= 0.3 is 0 Å². The molecule has 2 aliphatic rings. The number of rotatable bonds is 6. The van der Waals surface area contributed by atoms with Crippen LogP contribution in [0.5, 0.6) is 5.88 Å². The predicted octanol–water partition coefficient (Wildman–Crippen LogP) is 3.37. The Kier molecular flexibility index (Phi) is 8.29. The van der Waals surface area contributed by atoms with Gasteiger partial charge in [0.25, 0.3) is 5.91 Å². The maximum absolute atomic E-state index is 13.3. The van der Waals surface area contributed by atoms with Crippen LogP contribution in [-0.2, 0) is 4.79 Å². The van der Waals surface area contributed by atoms with Gasteiger partial charge in [-0.15, -0.1) is 0 Å². The van der Waals surface area contributed by atoms with Crippen molar-refractivity contribution in [3.05, 3.63) is 29.5 Å². The molecule has 1 N–H and O–H groups in total. The van der Waals surface area contributed by atoms with Crippen molar-refractivity contribution in [1.29, 1.82) is 0 Å². The molecule has 0 bridgehead atoms. The van der Waals surface area contributed by atoms with Gasteiger partial charge in [0.05, 0.1) is 19.2 Å². The average Bonchev–Trinajstić information content (AvgIpc) is 2.81. The molecule has 0 spiro atoms. The maximum Gasteiger partial charge on any atom is 0.259 e. The number of ether oxygens (including phenoxy) is 1. The first-order valence-corrected chi connectivity index (χ1v) is 11.8. The van der Waals surface area contributed by atoms with Crippen LogP contribution in [0.2, 0.25) is 0 Å². The minimum atomic E-state index is -0.330. The molecule has 1 aromatic heterocycles. The van der Waals surface area contributed by atoms with E-state index >= 15 is 0 Å². The first-order chi connectivity index (χ1) is 15.3. The third-order valence-electron chi connectivity index (χ3n) is 6.69. The van der Waals surface area contributed by atoms with E-state index in [0.717, 1.165) is 31.2 Å². The summed E-state index contributed by atoms with van der Waals surface area (Å²) in [6.45, 7) is 6.51. The number of pyridine rings is 1. The van der Waals surface area contributed by atoms with Gasteiger partial charge in [-0.1, -0.05) is 38.3 Å². The van der Waals surface area contributed by atoms with Crippen molar-refractivity contribution in [3.63, 3.8) is 0 Å². The van der Waals surface area contributed by atoms with Gasteiger partial charge in [0.1, 0.15) is 11.7 Å². The number of fused-ring (bicyclic) bond motifs is 1. The Morgan fingerprint density at radius 3 is 2.75 bits per heavy atom. The largest absolute Gasteiger partial charge is 0.472 e. The molecule has 2 amide bonds. The Bertz CT molecular complexity index is 834. The average molecular weight is 444 g/mol. The van der Waals surface area contributed by atoms with E-state index in [4.69, 9.17) is 4.74 Å². The highest BCUT2D eigenvalue weighted by Crippen LogP contribution is 2.29. The Hall–Kier alpha value is -2.41. The molecule has 176 valence electrons. The lowest BCUT2D eigenvalue weighted by molar-refractivity contribution is -0.136. The number of aliphatic hydroxyl groups excluding tert-OH is 1. The topological polar surface area (TPSA) is 83.0 Å². The van der Waals surface area contributed by atoms with Crippen molar-refractivity contribution < 1.29 is 19.4 Å². The van der Waals surface area contributed by atoms with Gasteiger partial charge in [0.2, 0.25) is 11.8 Å². The van der Waals surface area contributed by atoms with Gasteiger partial charge in [0, 0.05) is 31.6 Å². The van der Waals surface area contributed by atoms with Crippen molar-refractivity contribution in [2.24, 2.45) is 11.8 Å². The van der Waals surface area contributed by atoms with Gasteiger partial charge in [-0.05, 0) is 38.3 Å². The predicted molar refractivity (Wildman–Crippen MR) is 124 cm³/mol. The molecule has 2 heterocycles. The zero-order chi connectivity index (χ0) is 23.3. The molecule has 0 radical (unpaired) electrons. The zero-order valence-corrected chi connectivity index (χ0v) is 19.8. The van der Waals surface area contributed by atoms with Crippen molar-refractivity contribution in [2.75, 3.05) is 26.7 Å². The van der Waals surface area contributed by atoms with Gasteiger partial charge in [-0.25, -0.2) is 4.98 Å². The molecule has 32 heavy (non-hydrogen) atoms. The number of carbonyl (C=O) groups is 2. The molecular formula is C25H37N3O4. The fraction of sp³-hybridized carbons (Fsp3) is 0.640. The Balaban J connectivity index is 1.88. The SMILES string of the molecule is C/C=C/c1cnc2c(c1)C(=O)N([C@H](C)CO)C[C@H](C)[C@@H](CN(C)C(=O)C1CCCCC1)O2. The fourth-order valence-corrected chi connectivity index (χ4v) is 4.64. The molecule has 1 aliphatic heterocycles. The van der Waals surface area contributed by atoms with Crippen LogP contribution in [0, 0.1) is 11.8 Å². The Morgan fingerprint density at radius 2 is 2.09 bits per heavy atom. The Morgan fingerprint density at radius 1 is 1.38 bits per heavy atom. The molecule has 3 atom stereocenters. The smallest absolute Gasteiger partial charge is 0.259 e. The van der Waals surface area contributed by atoms with Crippen molar-refractivity contribution >= 4 is 17.9 Å². The van der Waals surface area contributed by atoms with E-state index in [9.17, 15) is 14.7 Å². The van der Waals surface area contributed by atoms with E-state index in [0.29, 0.717) is 18.7 Å². The number of aliphatic hydroxyl groups is 1. The van der Waals surface area contributed by atoms with Crippen LogP contribution in [0.25, 0.3) is 6.08 Å². The van der Waals surface area contributed by atoms with Crippen LogP contribution >= 0.6 is 0 Å². The number of amides is 2. The van der Waals surface area contributed by atoms with Crippen molar-refractivity contribution in [1.82, 2.24) is 14.8 Å². The van der Waals surface area contributed by atoms with E-state index in [2.05, 4.69) is 4.98 Å². The number of hydrogen-bond acceptors (Lipinski definition) is 5. The normalized spacial score (nSPS) is 23.3.